The van der Waals surface area contributed by atoms with E-state index in [4.69, 9.17) is 4.42 Å². The lowest BCUT2D eigenvalue weighted by atomic mass is 9.85. The third-order valence-electron chi connectivity index (χ3n) is 4.34. The predicted octanol–water partition coefficient (Wildman–Crippen LogP) is 4.13. The number of hydrogen-bond donors (Lipinski definition) is 2. The molecule has 25 heavy (non-hydrogen) atoms. The van der Waals surface area contributed by atoms with Crippen molar-refractivity contribution in [3.63, 3.8) is 0 Å². The summed E-state index contributed by atoms with van der Waals surface area (Å²) < 4.78 is 44.2. The lowest BCUT2D eigenvalue weighted by Crippen LogP contribution is -2.47. The first-order chi connectivity index (χ1) is 11.8. The van der Waals surface area contributed by atoms with E-state index in [0.717, 1.165) is 12.2 Å². The molecule has 1 aliphatic rings. The highest BCUT2D eigenvalue weighted by molar-refractivity contribution is 5.80. The molecule has 4 nitrogen and oxygen atoms in total. The van der Waals surface area contributed by atoms with Crippen LogP contribution in [-0.4, -0.2) is 31.3 Å². The molecule has 0 aliphatic heterocycles. The average Bonchev–Trinajstić information content (AvgIpc) is 3.05. The average molecular weight is 359 g/mol. The molecule has 2 unspecified atom stereocenters. The molecule has 1 fully saturated rings. The minimum Gasteiger partial charge on any atom is -0.469 e. The molecule has 0 bridgehead atoms. The molecule has 1 aliphatic carbocycles. The van der Waals surface area contributed by atoms with Crippen molar-refractivity contribution in [2.75, 3.05) is 13.1 Å². The first-order valence-electron chi connectivity index (χ1n) is 8.98. The van der Waals surface area contributed by atoms with Gasteiger partial charge in [-0.3, -0.25) is 4.99 Å². The number of furan rings is 1. The molecule has 2 N–H and O–H groups in total. The fourth-order valence-electron chi connectivity index (χ4n) is 3.00. The van der Waals surface area contributed by atoms with Gasteiger partial charge in [0.1, 0.15) is 5.76 Å². The molecule has 1 heterocycles. The first kappa shape index (κ1) is 19.7. The van der Waals surface area contributed by atoms with Gasteiger partial charge in [-0.25, -0.2) is 0 Å². The van der Waals surface area contributed by atoms with Crippen LogP contribution < -0.4 is 10.6 Å². The van der Waals surface area contributed by atoms with Crippen molar-refractivity contribution in [2.45, 2.75) is 58.2 Å². The number of rotatable bonds is 6. The Balaban J connectivity index is 1.89. The van der Waals surface area contributed by atoms with Gasteiger partial charge in [0.25, 0.3) is 0 Å². The van der Waals surface area contributed by atoms with Crippen LogP contribution in [0.3, 0.4) is 0 Å². The fourth-order valence-corrected chi connectivity index (χ4v) is 3.00. The first-order valence-corrected chi connectivity index (χ1v) is 8.98. The zero-order valence-corrected chi connectivity index (χ0v) is 14.9. The summed E-state index contributed by atoms with van der Waals surface area (Å²) in [7, 11) is 0. The van der Waals surface area contributed by atoms with Crippen LogP contribution >= 0.6 is 0 Å². The lowest BCUT2D eigenvalue weighted by Gasteiger charge is -2.32. The van der Waals surface area contributed by atoms with E-state index in [9.17, 15) is 13.2 Å². The second kappa shape index (κ2) is 9.15. The van der Waals surface area contributed by atoms with Gasteiger partial charge in [-0.05, 0) is 37.3 Å². The van der Waals surface area contributed by atoms with Crippen LogP contribution in [0.5, 0.6) is 0 Å². The zero-order chi connectivity index (χ0) is 18.3. The largest absolute Gasteiger partial charge is 0.469 e. The van der Waals surface area contributed by atoms with Gasteiger partial charge in [0, 0.05) is 25.6 Å². The minimum atomic E-state index is -4.11. The summed E-state index contributed by atoms with van der Waals surface area (Å²) in [5.41, 5.74) is 0. The monoisotopic (exact) mass is 359 g/mol. The summed E-state index contributed by atoms with van der Waals surface area (Å²) in [6.07, 6.45) is -0.108. The maximum atomic E-state index is 13.0. The fraction of sp³-hybridized carbons (Fsp3) is 0.722. The van der Waals surface area contributed by atoms with Crippen LogP contribution in [0.25, 0.3) is 0 Å². The molecule has 0 spiro atoms. The molecule has 0 aromatic carbocycles. The molecule has 0 saturated heterocycles. The van der Waals surface area contributed by atoms with Gasteiger partial charge in [0.2, 0.25) is 0 Å². The van der Waals surface area contributed by atoms with Crippen molar-refractivity contribution in [1.82, 2.24) is 10.6 Å². The Morgan fingerprint density at radius 2 is 2.16 bits per heavy atom. The maximum absolute atomic E-state index is 13.0. The van der Waals surface area contributed by atoms with Crippen molar-refractivity contribution >= 4 is 5.96 Å². The second-order valence-electron chi connectivity index (χ2n) is 7.09. The van der Waals surface area contributed by atoms with Gasteiger partial charge >= 0.3 is 6.18 Å². The Morgan fingerprint density at radius 1 is 1.36 bits per heavy atom. The topological polar surface area (TPSA) is 49.6 Å². The molecular weight excluding hydrogens is 331 g/mol. The van der Waals surface area contributed by atoms with Crippen molar-refractivity contribution < 1.29 is 17.6 Å². The Morgan fingerprint density at radius 3 is 2.80 bits per heavy atom. The quantitative estimate of drug-likeness (QED) is 0.593. The Labute approximate surface area is 147 Å². The molecule has 7 heteroatoms. The third-order valence-corrected chi connectivity index (χ3v) is 4.34. The molecular formula is C18H28F3N3O. The highest BCUT2D eigenvalue weighted by atomic mass is 19.4. The summed E-state index contributed by atoms with van der Waals surface area (Å²) in [5, 5.41) is 6.41. The smallest absolute Gasteiger partial charge is 0.391 e. The van der Waals surface area contributed by atoms with Gasteiger partial charge in [-0.1, -0.05) is 20.3 Å². The zero-order valence-electron chi connectivity index (χ0n) is 14.9. The predicted molar refractivity (Wildman–Crippen MR) is 92.5 cm³/mol. The highest BCUT2D eigenvalue weighted by Gasteiger charge is 2.42. The summed E-state index contributed by atoms with van der Waals surface area (Å²) >= 11 is 0. The molecule has 2 atom stereocenters. The normalized spacial score (nSPS) is 22.2. The van der Waals surface area contributed by atoms with Crippen molar-refractivity contribution in [3.8, 4) is 0 Å². The molecule has 0 radical (unpaired) electrons. The van der Waals surface area contributed by atoms with Crippen molar-refractivity contribution in [1.29, 1.82) is 0 Å². The number of hydrogen-bond acceptors (Lipinski definition) is 2. The standard InChI is InChI=1S/C18H28F3N3O/c1-13(2)12-23-17(22-9-8-16-7-4-10-25-16)24-15-6-3-5-14(11-15)18(19,20)21/h4,7,10,13-15H,3,5-6,8-9,11-12H2,1-2H3,(H2,22,23,24). The van der Waals surface area contributed by atoms with E-state index < -0.39 is 12.1 Å². The molecule has 1 aromatic heterocycles. The number of alkyl halides is 3. The van der Waals surface area contributed by atoms with E-state index in [-0.39, 0.29) is 18.9 Å². The number of nitrogens with zero attached hydrogens (tertiary/aromatic N) is 1. The van der Waals surface area contributed by atoms with Crippen molar-refractivity contribution in [2.24, 2.45) is 16.8 Å². The SMILES string of the molecule is CC(C)CN=C(NCCc1ccco1)NC1CCCC(C(F)(F)F)C1. The summed E-state index contributed by atoms with van der Waals surface area (Å²) in [4.78, 5) is 4.51. The molecule has 0 amide bonds. The van der Waals surface area contributed by atoms with E-state index in [1.807, 2.05) is 12.1 Å². The van der Waals surface area contributed by atoms with Crippen LogP contribution in [0.15, 0.2) is 27.8 Å². The second-order valence-corrected chi connectivity index (χ2v) is 7.09. The van der Waals surface area contributed by atoms with Gasteiger partial charge < -0.3 is 15.1 Å². The van der Waals surface area contributed by atoms with Crippen LogP contribution in [0.4, 0.5) is 13.2 Å². The Bertz CT molecular complexity index is 526. The number of guanidine groups is 1. The Hall–Kier alpha value is -1.66. The van der Waals surface area contributed by atoms with E-state index in [1.54, 1.807) is 6.26 Å². The summed E-state index contributed by atoms with van der Waals surface area (Å²) in [6.45, 7) is 5.37. The van der Waals surface area contributed by atoms with Crippen LogP contribution in [0.2, 0.25) is 0 Å². The lowest BCUT2D eigenvalue weighted by molar-refractivity contribution is -0.183. The van der Waals surface area contributed by atoms with E-state index in [0.29, 0.717) is 37.8 Å². The van der Waals surface area contributed by atoms with Gasteiger partial charge in [0.05, 0.1) is 12.2 Å². The van der Waals surface area contributed by atoms with Crippen LogP contribution in [-0.2, 0) is 6.42 Å². The van der Waals surface area contributed by atoms with E-state index >= 15 is 0 Å². The number of nitrogens with one attached hydrogen (secondary N) is 2. The number of aliphatic imine (C=N–C) groups is 1. The Kier molecular flexibility index (Phi) is 7.20. The minimum absolute atomic E-state index is 0.115. The summed E-state index contributed by atoms with van der Waals surface area (Å²) in [5.74, 6) is 0.629. The molecule has 2 rings (SSSR count). The molecule has 1 saturated carbocycles. The summed E-state index contributed by atoms with van der Waals surface area (Å²) in [6, 6.07) is 3.54. The van der Waals surface area contributed by atoms with Gasteiger partial charge in [-0.2, -0.15) is 13.2 Å². The van der Waals surface area contributed by atoms with Crippen LogP contribution in [0, 0.1) is 11.8 Å². The van der Waals surface area contributed by atoms with E-state index in [1.165, 1.54) is 0 Å². The van der Waals surface area contributed by atoms with Crippen LogP contribution in [0.1, 0.15) is 45.3 Å². The third kappa shape index (κ3) is 7.00. The number of halogens is 3. The molecule has 1 aromatic rings. The van der Waals surface area contributed by atoms with Crippen molar-refractivity contribution in [3.05, 3.63) is 24.2 Å². The van der Waals surface area contributed by atoms with E-state index in [2.05, 4.69) is 29.5 Å². The van der Waals surface area contributed by atoms with Gasteiger partial charge in [0.15, 0.2) is 5.96 Å². The maximum Gasteiger partial charge on any atom is 0.391 e. The molecule has 142 valence electrons. The van der Waals surface area contributed by atoms with Gasteiger partial charge in [-0.15, -0.1) is 0 Å². The highest BCUT2D eigenvalue weighted by Crippen LogP contribution is 2.37.